The van der Waals surface area contributed by atoms with Crippen LogP contribution in [0.5, 0.6) is 0 Å². The van der Waals surface area contributed by atoms with Gasteiger partial charge in [-0.25, -0.2) is 4.98 Å². The van der Waals surface area contributed by atoms with Gasteiger partial charge in [0.2, 0.25) is 11.8 Å². The Morgan fingerprint density at radius 3 is 2.68 bits per heavy atom. The fourth-order valence-corrected chi connectivity index (χ4v) is 2.67. The van der Waals surface area contributed by atoms with Crippen LogP contribution in [0.15, 0.2) is 35.7 Å². The number of carbonyl (C=O) groups excluding carboxylic acids is 2. The van der Waals surface area contributed by atoms with Crippen LogP contribution in [0.2, 0.25) is 0 Å². The highest BCUT2D eigenvalue weighted by atomic mass is 32.1. The predicted octanol–water partition coefficient (Wildman–Crippen LogP) is 1.06. The zero-order chi connectivity index (χ0) is 15.9. The number of hydrogen-bond donors (Lipinski definition) is 3. The van der Waals surface area contributed by atoms with E-state index in [1.165, 1.54) is 11.3 Å². The quantitative estimate of drug-likeness (QED) is 0.742. The van der Waals surface area contributed by atoms with Crippen molar-refractivity contribution >= 4 is 23.2 Å². The smallest absolute Gasteiger partial charge is 0.239 e. The highest BCUT2D eigenvalue weighted by molar-refractivity contribution is 7.10. The summed E-state index contributed by atoms with van der Waals surface area (Å²) in [7, 11) is 0. The second kappa shape index (κ2) is 7.67. The van der Waals surface area contributed by atoms with Gasteiger partial charge in [-0.15, -0.1) is 11.3 Å². The molecule has 1 heterocycles. The van der Waals surface area contributed by atoms with Crippen LogP contribution < -0.4 is 16.4 Å². The third-order valence-electron chi connectivity index (χ3n) is 2.97. The Bertz CT molecular complexity index is 642. The molecule has 116 valence electrons. The van der Waals surface area contributed by atoms with E-state index in [0.29, 0.717) is 0 Å². The van der Waals surface area contributed by atoms with E-state index in [4.69, 9.17) is 5.73 Å². The topological polar surface area (TPSA) is 97.1 Å². The molecule has 4 N–H and O–H groups in total. The fraction of sp³-hybridized carbons (Fsp3) is 0.267. The maximum Gasteiger partial charge on any atom is 0.239 e. The van der Waals surface area contributed by atoms with Crippen molar-refractivity contribution in [1.29, 1.82) is 0 Å². The lowest BCUT2D eigenvalue weighted by Crippen LogP contribution is -2.40. The zero-order valence-corrected chi connectivity index (χ0v) is 13.0. The number of aromatic nitrogens is 1. The molecule has 1 unspecified atom stereocenters. The summed E-state index contributed by atoms with van der Waals surface area (Å²) in [6.07, 6.45) is 0. The SMILES string of the molecule is CC(NC(=O)CNC(=O)CN)c1nc(-c2ccccc2)cs1. The minimum Gasteiger partial charge on any atom is -0.346 e. The Labute approximate surface area is 132 Å². The summed E-state index contributed by atoms with van der Waals surface area (Å²) in [6, 6.07) is 9.63. The Kier molecular flexibility index (Phi) is 5.62. The van der Waals surface area contributed by atoms with Gasteiger partial charge in [-0.2, -0.15) is 0 Å². The Hall–Kier alpha value is -2.25. The minimum absolute atomic E-state index is 0.0860. The van der Waals surface area contributed by atoms with Crippen LogP contribution in [0.3, 0.4) is 0 Å². The molecule has 2 aromatic rings. The molecule has 6 nitrogen and oxygen atoms in total. The third-order valence-corrected chi connectivity index (χ3v) is 4.00. The van der Waals surface area contributed by atoms with Gasteiger partial charge in [-0.3, -0.25) is 9.59 Å². The van der Waals surface area contributed by atoms with Gasteiger partial charge in [-0.1, -0.05) is 30.3 Å². The summed E-state index contributed by atoms with van der Waals surface area (Å²) in [6.45, 7) is 1.64. The van der Waals surface area contributed by atoms with Gasteiger partial charge in [0.05, 0.1) is 24.8 Å². The number of nitrogens with two attached hydrogens (primary N) is 1. The highest BCUT2D eigenvalue weighted by Crippen LogP contribution is 2.25. The monoisotopic (exact) mass is 318 g/mol. The third kappa shape index (κ3) is 4.37. The Morgan fingerprint density at radius 1 is 1.27 bits per heavy atom. The Morgan fingerprint density at radius 2 is 2.00 bits per heavy atom. The average molecular weight is 318 g/mol. The maximum absolute atomic E-state index is 11.7. The van der Waals surface area contributed by atoms with E-state index in [2.05, 4.69) is 15.6 Å². The van der Waals surface area contributed by atoms with Gasteiger partial charge in [0.15, 0.2) is 0 Å². The van der Waals surface area contributed by atoms with Gasteiger partial charge in [-0.05, 0) is 6.92 Å². The first-order valence-electron chi connectivity index (χ1n) is 6.87. The number of rotatable bonds is 6. The van der Waals surface area contributed by atoms with E-state index >= 15 is 0 Å². The van der Waals surface area contributed by atoms with E-state index < -0.39 is 0 Å². The van der Waals surface area contributed by atoms with Crippen molar-refractivity contribution in [3.63, 3.8) is 0 Å². The number of thiazole rings is 1. The van der Waals surface area contributed by atoms with Crippen LogP contribution in [0, 0.1) is 0 Å². The van der Waals surface area contributed by atoms with Crippen molar-refractivity contribution in [3.8, 4) is 11.3 Å². The molecule has 1 aromatic heterocycles. The van der Waals surface area contributed by atoms with Crippen molar-refractivity contribution in [1.82, 2.24) is 15.6 Å². The number of carbonyl (C=O) groups is 2. The van der Waals surface area contributed by atoms with Crippen molar-refractivity contribution < 1.29 is 9.59 Å². The lowest BCUT2D eigenvalue weighted by molar-refractivity contribution is -0.125. The molecule has 7 heteroatoms. The van der Waals surface area contributed by atoms with E-state index in [-0.39, 0.29) is 30.9 Å². The molecule has 0 aliphatic heterocycles. The maximum atomic E-state index is 11.7. The van der Waals surface area contributed by atoms with E-state index in [0.717, 1.165) is 16.3 Å². The van der Waals surface area contributed by atoms with Crippen LogP contribution in [0.1, 0.15) is 18.0 Å². The first kappa shape index (κ1) is 16.1. The van der Waals surface area contributed by atoms with Crippen molar-refractivity contribution in [2.24, 2.45) is 5.73 Å². The molecule has 0 spiro atoms. The van der Waals surface area contributed by atoms with Gasteiger partial charge < -0.3 is 16.4 Å². The minimum atomic E-state index is -0.358. The van der Waals surface area contributed by atoms with Crippen molar-refractivity contribution in [2.75, 3.05) is 13.1 Å². The van der Waals surface area contributed by atoms with E-state index in [9.17, 15) is 9.59 Å². The van der Waals surface area contributed by atoms with Crippen molar-refractivity contribution in [3.05, 3.63) is 40.7 Å². The number of nitrogens with zero attached hydrogens (tertiary/aromatic N) is 1. The molecule has 22 heavy (non-hydrogen) atoms. The molecule has 0 saturated heterocycles. The fourth-order valence-electron chi connectivity index (χ4n) is 1.83. The molecule has 0 radical (unpaired) electrons. The lowest BCUT2D eigenvalue weighted by Gasteiger charge is -2.11. The molecular weight excluding hydrogens is 300 g/mol. The van der Waals surface area contributed by atoms with Gasteiger partial charge in [0, 0.05) is 10.9 Å². The summed E-state index contributed by atoms with van der Waals surface area (Å²) >= 11 is 1.49. The number of benzene rings is 1. The molecule has 1 atom stereocenters. The van der Waals surface area contributed by atoms with Crippen LogP contribution in [0.4, 0.5) is 0 Å². The zero-order valence-electron chi connectivity index (χ0n) is 12.2. The Balaban J connectivity index is 1.93. The summed E-state index contributed by atoms with van der Waals surface area (Å²) < 4.78 is 0. The summed E-state index contributed by atoms with van der Waals surface area (Å²) in [4.78, 5) is 27.3. The number of nitrogens with one attached hydrogen (secondary N) is 2. The summed E-state index contributed by atoms with van der Waals surface area (Å²) in [5.74, 6) is -0.630. The van der Waals surface area contributed by atoms with Crippen LogP contribution in [-0.4, -0.2) is 29.9 Å². The molecule has 0 bridgehead atoms. The predicted molar refractivity (Wildman–Crippen MR) is 86.2 cm³/mol. The largest absolute Gasteiger partial charge is 0.346 e. The van der Waals surface area contributed by atoms with Gasteiger partial charge >= 0.3 is 0 Å². The molecular formula is C15H18N4O2S. The van der Waals surface area contributed by atoms with Crippen LogP contribution in [0.25, 0.3) is 11.3 Å². The van der Waals surface area contributed by atoms with Gasteiger partial charge in [0.25, 0.3) is 0 Å². The van der Waals surface area contributed by atoms with E-state index in [1.54, 1.807) is 0 Å². The van der Waals surface area contributed by atoms with Crippen molar-refractivity contribution in [2.45, 2.75) is 13.0 Å². The lowest BCUT2D eigenvalue weighted by atomic mass is 10.2. The summed E-state index contributed by atoms with van der Waals surface area (Å²) in [5.41, 5.74) is 7.08. The second-order valence-corrected chi connectivity index (χ2v) is 5.60. The number of hydrogen-bond acceptors (Lipinski definition) is 5. The molecule has 0 saturated carbocycles. The van der Waals surface area contributed by atoms with Gasteiger partial charge in [0.1, 0.15) is 5.01 Å². The second-order valence-electron chi connectivity index (χ2n) is 4.71. The average Bonchev–Trinajstić information content (AvgIpc) is 3.03. The van der Waals surface area contributed by atoms with E-state index in [1.807, 2.05) is 42.6 Å². The summed E-state index contributed by atoms with van der Waals surface area (Å²) in [5, 5.41) is 8.00. The molecule has 0 aliphatic rings. The first-order valence-corrected chi connectivity index (χ1v) is 7.75. The molecule has 0 aliphatic carbocycles. The normalized spacial score (nSPS) is 11.7. The number of amides is 2. The first-order chi connectivity index (χ1) is 10.6. The molecule has 1 aromatic carbocycles. The molecule has 0 fully saturated rings. The molecule has 2 amide bonds. The highest BCUT2D eigenvalue weighted by Gasteiger charge is 2.14. The van der Waals surface area contributed by atoms with Crippen LogP contribution >= 0.6 is 11.3 Å². The van der Waals surface area contributed by atoms with Crippen LogP contribution in [-0.2, 0) is 9.59 Å². The standard InChI is InChI=1S/C15H18N4O2S/c1-10(18-14(21)8-17-13(20)7-16)15-19-12(9-22-15)11-5-3-2-4-6-11/h2-6,9-10H,7-8,16H2,1H3,(H,17,20)(H,18,21). The molecule has 2 rings (SSSR count).